The number of rotatable bonds is 0. The van der Waals surface area contributed by atoms with E-state index in [-0.39, 0.29) is 17.5 Å². The maximum absolute atomic E-state index is 11.9. The van der Waals surface area contributed by atoms with E-state index < -0.39 is 0 Å². The first kappa shape index (κ1) is 11.1. The molecule has 0 bridgehead atoms. The summed E-state index contributed by atoms with van der Waals surface area (Å²) < 4.78 is 5.85. The van der Waals surface area contributed by atoms with Crippen molar-refractivity contribution < 1.29 is 9.53 Å². The molecule has 1 aliphatic heterocycles. The zero-order valence-electron chi connectivity index (χ0n) is 10.5. The van der Waals surface area contributed by atoms with Crippen LogP contribution in [0.15, 0.2) is 24.3 Å². The third-order valence-corrected chi connectivity index (χ3v) is 5.18. The van der Waals surface area contributed by atoms with Gasteiger partial charge in [0.25, 0.3) is 0 Å². The summed E-state index contributed by atoms with van der Waals surface area (Å²) in [7, 11) is 0. The van der Waals surface area contributed by atoms with Gasteiger partial charge in [-0.2, -0.15) is 0 Å². The van der Waals surface area contributed by atoms with Gasteiger partial charge in [0.1, 0.15) is 5.60 Å². The molecule has 17 heavy (non-hydrogen) atoms. The molecular weight excluding hydrogens is 212 g/mol. The SMILES string of the molecule is C=C1CCC[C@H]2C(=C)C(=O)O[C@@]23[C@@H](C)CC[C@@H]13. The van der Waals surface area contributed by atoms with Gasteiger partial charge in [0.05, 0.1) is 0 Å². The predicted molar refractivity (Wildman–Crippen MR) is 66.3 cm³/mol. The van der Waals surface area contributed by atoms with Gasteiger partial charge in [0.2, 0.25) is 0 Å². The van der Waals surface area contributed by atoms with Crippen molar-refractivity contribution in [1.29, 1.82) is 0 Å². The van der Waals surface area contributed by atoms with Crippen molar-refractivity contribution in [3.63, 3.8) is 0 Å². The molecule has 1 saturated heterocycles. The first-order chi connectivity index (χ1) is 8.07. The molecule has 3 aliphatic rings. The molecule has 92 valence electrons. The lowest BCUT2D eigenvalue weighted by molar-refractivity contribution is -0.154. The number of hydrogen-bond acceptors (Lipinski definition) is 2. The predicted octanol–water partition coefficient (Wildman–Crippen LogP) is 3.24. The van der Waals surface area contributed by atoms with E-state index in [1.54, 1.807) is 0 Å². The molecule has 3 rings (SSSR count). The minimum absolute atomic E-state index is 0.163. The quantitative estimate of drug-likeness (QED) is 0.364. The van der Waals surface area contributed by atoms with Gasteiger partial charge in [-0.3, -0.25) is 0 Å². The first-order valence-corrected chi connectivity index (χ1v) is 6.67. The van der Waals surface area contributed by atoms with Gasteiger partial charge in [-0.15, -0.1) is 0 Å². The second kappa shape index (κ2) is 3.47. The van der Waals surface area contributed by atoms with E-state index in [9.17, 15) is 4.79 Å². The second-order valence-corrected chi connectivity index (χ2v) is 5.90. The average molecular weight is 232 g/mol. The Bertz CT molecular complexity index is 409. The van der Waals surface area contributed by atoms with Crippen LogP contribution < -0.4 is 0 Å². The Hall–Kier alpha value is -1.05. The van der Waals surface area contributed by atoms with Crippen LogP contribution in [0.2, 0.25) is 0 Å². The Kier molecular flexibility index (Phi) is 2.26. The van der Waals surface area contributed by atoms with Crippen LogP contribution >= 0.6 is 0 Å². The van der Waals surface area contributed by atoms with Gasteiger partial charge in [-0.1, -0.05) is 25.7 Å². The summed E-state index contributed by atoms with van der Waals surface area (Å²) >= 11 is 0. The molecule has 0 aromatic heterocycles. The number of carbonyl (C=O) groups excluding carboxylic acids is 1. The molecule has 4 atom stereocenters. The third-order valence-electron chi connectivity index (χ3n) is 5.18. The molecule has 2 aliphatic carbocycles. The van der Waals surface area contributed by atoms with Crippen molar-refractivity contribution in [3.8, 4) is 0 Å². The van der Waals surface area contributed by atoms with Crippen molar-refractivity contribution in [2.45, 2.75) is 44.6 Å². The van der Waals surface area contributed by atoms with E-state index in [1.807, 2.05) is 0 Å². The van der Waals surface area contributed by atoms with Gasteiger partial charge in [0.15, 0.2) is 0 Å². The minimum Gasteiger partial charge on any atom is -0.454 e. The molecule has 0 radical (unpaired) electrons. The lowest BCUT2D eigenvalue weighted by Crippen LogP contribution is -2.44. The topological polar surface area (TPSA) is 26.3 Å². The van der Waals surface area contributed by atoms with E-state index >= 15 is 0 Å². The molecule has 0 unspecified atom stereocenters. The molecule has 0 N–H and O–H groups in total. The van der Waals surface area contributed by atoms with Crippen molar-refractivity contribution in [1.82, 2.24) is 0 Å². The van der Waals surface area contributed by atoms with E-state index in [0.717, 1.165) is 32.1 Å². The Labute approximate surface area is 103 Å². The first-order valence-electron chi connectivity index (χ1n) is 6.67. The van der Waals surface area contributed by atoms with Crippen LogP contribution in [-0.2, 0) is 9.53 Å². The zero-order chi connectivity index (χ0) is 12.2. The van der Waals surface area contributed by atoms with Gasteiger partial charge < -0.3 is 4.74 Å². The fraction of sp³-hybridized carbons (Fsp3) is 0.667. The Morgan fingerprint density at radius 2 is 2.00 bits per heavy atom. The monoisotopic (exact) mass is 232 g/mol. The molecule has 2 saturated carbocycles. The van der Waals surface area contributed by atoms with Crippen molar-refractivity contribution in [3.05, 3.63) is 24.3 Å². The van der Waals surface area contributed by atoms with Crippen LogP contribution in [0.3, 0.4) is 0 Å². The highest BCUT2D eigenvalue weighted by Crippen LogP contribution is 2.59. The molecule has 0 amide bonds. The van der Waals surface area contributed by atoms with Crippen LogP contribution in [0.1, 0.15) is 39.0 Å². The highest BCUT2D eigenvalue weighted by atomic mass is 16.6. The van der Waals surface area contributed by atoms with Crippen molar-refractivity contribution in [2.24, 2.45) is 17.8 Å². The van der Waals surface area contributed by atoms with E-state index in [4.69, 9.17) is 4.74 Å². The number of carbonyl (C=O) groups is 1. The van der Waals surface area contributed by atoms with Crippen LogP contribution in [0.25, 0.3) is 0 Å². The summed E-state index contributed by atoms with van der Waals surface area (Å²) in [4.78, 5) is 11.9. The van der Waals surface area contributed by atoms with Crippen molar-refractivity contribution >= 4 is 5.97 Å². The number of esters is 1. The van der Waals surface area contributed by atoms with Crippen LogP contribution in [0.4, 0.5) is 0 Å². The van der Waals surface area contributed by atoms with Crippen molar-refractivity contribution in [2.75, 3.05) is 0 Å². The molecule has 1 heterocycles. The largest absolute Gasteiger partial charge is 0.454 e. The highest BCUT2D eigenvalue weighted by molar-refractivity contribution is 5.91. The summed E-state index contributed by atoms with van der Waals surface area (Å²) in [5.74, 6) is 0.879. The van der Waals surface area contributed by atoms with Crippen LogP contribution in [-0.4, -0.2) is 11.6 Å². The maximum atomic E-state index is 11.9. The highest BCUT2D eigenvalue weighted by Gasteiger charge is 2.62. The second-order valence-electron chi connectivity index (χ2n) is 5.90. The molecule has 1 spiro atoms. The van der Waals surface area contributed by atoms with Gasteiger partial charge >= 0.3 is 5.97 Å². The van der Waals surface area contributed by atoms with E-state index in [1.165, 1.54) is 5.57 Å². The smallest absolute Gasteiger partial charge is 0.334 e. The molecule has 0 aromatic rings. The number of hydrogen-bond donors (Lipinski definition) is 0. The minimum atomic E-state index is -0.290. The summed E-state index contributed by atoms with van der Waals surface area (Å²) in [6.45, 7) is 10.4. The fourth-order valence-corrected chi connectivity index (χ4v) is 4.31. The molecule has 2 nitrogen and oxygen atoms in total. The fourth-order valence-electron chi connectivity index (χ4n) is 4.31. The van der Waals surface area contributed by atoms with E-state index in [0.29, 0.717) is 17.4 Å². The summed E-state index contributed by atoms with van der Waals surface area (Å²) in [5, 5.41) is 0. The normalized spacial score (nSPS) is 45.2. The number of ether oxygens (including phenoxy) is 1. The molecule has 2 heteroatoms. The van der Waals surface area contributed by atoms with E-state index in [2.05, 4.69) is 20.1 Å². The summed E-state index contributed by atoms with van der Waals surface area (Å²) in [6.07, 6.45) is 5.49. The lowest BCUT2D eigenvalue weighted by atomic mass is 9.72. The van der Waals surface area contributed by atoms with Gasteiger partial charge in [-0.05, 0) is 38.0 Å². The Morgan fingerprint density at radius 3 is 2.76 bits per heavy atom. The van der Waals surface area contributed by atoms with Crippen LogP contribution in [0, 0.1) is 17.8 Å². The maximum Gasteiger partial charge on any atom is 0.334 e. The van der Waals surface area contributed by atoms with Gasteiger partial charge in [0, 0.05) is 17.4 Å². The van der Waals surface area contributed by atoms with Gasteiger partial charge in [-0.25, -0.2) is 4.79 Å². The zero-order valence-corrected chi connectivity index (χ0v) is 10.5. The average Bonchev–Trinajstić information content (AvgIpc) is 2.67. The summed E-state index contributed by atoms with van der Waals surface area (Å²) in [5.41, 5.74) is 1.71. The van der Waals surface area contributed by atoms with Crippen LogP contribution in [0.5, 0.6) is 0 Å². The Morgan fingerprint density at radius 1 is 1.24 bits per heavy atom. The molecular formula is C15H20O2. The standard InChI is InChI=1S/C15H20O2/c1-9-5-4-6-13-11(3)14(16)17-15(13)10(2)7-8-12(9)15/h10,12-13H,1,3-8H2,2H3/t10-,12-,13-,15+/m0/s1. The summed E-state index contributed by atoms with van der Waals surface area (Å²) in [6, 6.07) is 0. The lowest BCUT2D eigenvalue weighted by Gasteiger charge is -2.37. The molecule has 0 aromatic carbocycles. The Balaban J connectivity index is 2.12. The molecule has 3 fully saturated rings. The third kappa shape index (κ3) is 1.24.